The Kier molecular flexibility index (Phi) is 5.68. The minimum Gasteiger partial charge on any atom is -0.477 e. The second-order valence-electron chi connectivity index (χ2n) is 7.86. The van der Waals surface area contributed by atoms with Gasteiger partial charge in [-0.15, -0.1) is 0 Å². The number of nitrogens with zero attached hydrogens (tertiary/aromatic N) is 2. The van der Waals surface area contributed by atoms with E-state index < -0.39 is 18.0 Å². The van der Waals surface area contributed by atoms with Crippen LogP contribution in [0.5, 0.6) is 0 Å². The number of nitrogens with two attached hydrogens (primary N) is 1. The highest BCUT2D eigenvalue weighted by Gasteiger charge is 2.56. The molecular formula is C21H28N4O4. The van der Waals surface area contributed by atoms with Crippen LogP contribution in [0.3, 0.4) is 0 Å². The van der Waals surface area contributed by atoms with E-state index in [2.05, 4.69) is 19.2 Å². The molecule has 3 rings (SSSR count). The molecular weight excluding hydrogens is 372 g/mol. The van der Waals surface area contributed by atoms with Crippen molar-refractivity contribution in [3.63, 3.8) is 0 Å². The molecule has 1 aromatic rings. The average Bonchev–Trinajstić information content (AvgIpc) is 3.00. The van der Waals surface area contributed by atoms with Crippen LogP contribution >= 0.6 is 0 Å². The molecule has 2 aliphatic rings. The lowest BCUT2D eigenvalue weighted by Gasteiger charge is -2.44. The van der Waals surface area contributed by atoms with Gasteiger partial charge in [-0.25, -0.2) is 10.6 Å². The van der Waals surface area contributed by atoms with Gasteiger partial charge in [0.2, 0.25) is 5.91 Å². The number of hydrogen-bond donors (Lipinski definition) is 4. The van der Waals surface area contributed by atoms with Crippen molar-refractivity contribution in [1.29, 1.82) is 0 Å². The highest BCUT2D eigenvalue weighted by atomic mass is 16.4. The van der Waals surface area contributed by atoms with Crippen LogP contribution in [0.2, 0.25) is 0 Å². The molecule has 0 aromatic heterocycles. The third kappa shape index (κ3) is 3.61. The van der Waals surface area contributed by atoms with Gasteiger partial charge in [0, 0.05) is 19.4 Å². The van der Waals surface area contributed by atoms with Crippen LogP contribution in [0.1, 0.15) is 44.2 Å². The minimum absolute atomic E-state index is 0.00176. The number of carboxylic acid groups (broad SMARTS) is 1. The Labute approximate surface area is 170 Å². The van der Waals surface area contributed by atoms with Gasteiger partial charge in [0.05, 0.1) is 23.8 Å². The molecule has 29 heavy (non-hydrogen) atoms. The van der Waals surface area contributed by atoms with Crippen LogP contribution in [0.4, 0.5) is 5.69 Å². The number of carbonyl (C=O) groups is 2. The summed E-state index contributed by atoms with van der Waals surface area (Å²) in [5.41, 5.74) is 3.04. The molecule has 1 fully saturated rings. The summed E-state index contributed by atoms with van der Waals surface area (Å²) in [6.07, 6.45) is 2.93. The fourth-order valence-electron chi connectivity index (χ4n) is 4.06. The zero-order valence-corrected chi connectivity index (χ0v) is 17.1. The van der Waals surface area contributed by atoms with Crippen molar-refractivity contribution < 1.29 is 19.8 Å². The Hall–Kier alpha value is -2.84. The van der Waals surface area contributed by atoms with Gasteiger partial charge in [-0.05, 0) is 48.1 Å². The number of carbonyl (C=O) groups excluding carboxylic acids is 1. The average molecular weight is 400 g/mol. The molecule has 0 bridgehead atoms. The quantitative estimate of drug-likeness (QED) is 0.312. The molecule has 2 heterocycles. The van der Waals surface area contributed by atoms with Gasteiger partial charge >= 0.3 is 5.97 Å². The summed E-state index contributed by atoms with van der Waals surface area (Å²) < 4.78 is 0. The number of benzene rings is 1. The van der Waals surface area contributed by atoms with Crippen LogP contribution < -0.4 is 16.2 Å². The molecule has 0 radical (unpaired) electrons. The van der Waals surface area contributed by atoms with Crippen molar-refractivity contribution >= 4 is 23.1 Å². The Balaban J connectivity index is 2.09. The maximum Gasteiger partial charge on any atom is 0.352 e. The van der Waals surface area contributed by atoms with E-state index in [4.69, 9.17) is 5.84 Å². The number of β-lactam (4-membered cyclic amide) rings is 1. The number of carboxylic acids is 1. The smallest absolute Gasteiger partial charge is 0.352 e. The van der Waals surface area contributed by atoms with E-state index in [-0.39, 0.29) is 23.6 Å². The molecule has 8 nitrogen and oxygen atoms in total. The lowest BCUT2D eigenvalue weighted by atomic mass is 9.82. The predicted molar refractivity (Wildman–Crippen MR) is 110 cm³/mol. The number of hydrogen-bond acceptors (Lipinski definition) is 6. The van der Waals surface area contributed by atoms with E-state index in [1.54, 1.807) is 26.4 Å². The molecule has 1 aromatic carbocycles. The number of aliphatic carboxylic acids is 1. The summed E-state index contributed by atoms with van der Waals surface area (Å²) in [6, 6.07) is 5.42. The number of aliphatic hydroxyl groups excluding tert-OH is 1. The van der Waals surface area contributed by atoms with Crippen LogP contribution in [-0.2, 0) is 9.59 Å². The van der Waals surface area contributed by atoms with Crippen LogP contribution in [0.15, 0.2) is 36.3 Å². The summed E-state index contributed by atoms with van der Waals surface area (Å²) in [6.45, 7) is 5.67. The number of rotatable bonds is 7. The molecule has 3 unspecified atom stereocenters. The molecule has 2 aliphatic heterocycles. The molecule has 3 atom stereocenters. The van der Waals surface area contributed by atoms with E-state index in [0.29, 0.717) is 17.7 Å². The Morgan fingerprint density at radius 3 is 2.59 bits per heavy atom. The molecule has 8 heteroatoms. The van der Waals surface area contributed by atoms with Gasteiger partial charge in [0.15, 0.2) is 0 Å². The largest absolute Gasteiger partial charge is 0.477 e. The van der Waals surface area contributed by atoms with E-state index in [1.165, 1.54) is 9.91 Å². The topological polar surface area (TPSA) is 119 Å². The summed E-state index contributed by atoms with van der Waals surface area (Å²) >= 11 is 0. The third-order valence-corrected chi connectivity index (χ3v) is 5.59. The van der Waals surface area contributed by atoms with Gasteiger partial charge in [-0.2, -0.15) is 0 Å². The third-order valence-electron chi connectivity index (χ3n) is 5.59. The SMILES string of the molecule is CN/C=C\N(N)c1cc(C2=C(C(=O)O)N3C(=O)C(C(C)O)C3C2)cc(C(C)C)c1. The Morgan fingerprint density at radius 2 is 2.03 bits per heavy atom. The monoisotopic (exact) mass is 400 g/mol. The van der Waals surface area contributed by atoms with Gasteiger partial charge in [0.25, 0.3) is 0 Å². The molecule has 1 saturated heterocycles. The van der Waals surface area contributed by atoms with E-state index in [0.717, 1.165) is 11.1 Å². The van der Waals surface area contributed by atoms with Crippen molar-refractivity contribution in [2.45, 2.75) is 45.3 Å². The number of anilines is 1. The standard InChI is InChI=1S/C21H28N4O4/c1-11(2)13-7-14(9-15(8-13)24(22)6-5-23-4)16-10-17-18(12(3)26)20(27)25(17)19(16)21(28)29/h5-9,11-12,17-18,23,26H,10,22H2,1-4H3,(H,28,29)/b6-5-. The maximum atomic E-state index is 12.5. The summed E-state index contributed by atoms with van der Waals surface area (Å²) in [7, 11) is 1.77. The highest BCUT2D eigenvalue weighted by Crippen LogP contribution is 2.47. The van der Waals surface area contributed by atoms with E-state index in [9.17, 15) is 19.8 Å². The Morgan fingerprint density at radius 1 is 1.34 bits per heavy atom. The molecule has 0 spiro atoms. The zero-order chi connectivity index (χ0) is 21.5. The van der Waals surface area contributed by atoms with Crippen LogP contribution in [0.25, 0.3) is 5.57 Å². The Bertz CT molecular complexity index is 891. The first-order valence-corrected chi connectivity index (χ1v) is 9.68. The minimum atomic E-state index is -1.14. The fraction of sp³-hybridized carbons (Fsp3) is 0.429. The second kappa shape index (κ2) is 7.88. The zero-order valence-electron chi connectivity index (χ0n) is 17.1. The maximum absolute atomic E-state index is 12.5. The number of nitrogens with one attached hydrogen (secondary N) is 1. The summed E-state index contributed by atoms with van der Waals surface area (Å²) in [5.74, 6) is 4.29. The van der Waals surface area contributed by atoms with Gasteiger partial charge in [-0.1, -0.05) is 19.9 Å². The lowest BCUT2D eigenvalue weighted by Crippen LogP contribution is -2.61. The fourth-order valence-corrected chi connectivity index (χ4v) is 4.06. The van der Waals surface area contributed by atoms with Crippen molar-refractivity contribution in [1.82, 2.24) is 10.2 Å². The number of aliphatic hydroxyl groups is 1. The number of amides is 1. The second-order valence-corrected chi connectivity index (χ2v) is 7.86. The molecule has 5 N–H and O–H groups in total. The predicted octanol–water partition coefficient (Wildman–Crippen LogP) is 1.59. The van der Waals surface area contributed by atoms with Crippen molar-refractivity contribution in [2.75, 3.05) is 12.1 Å². The number of hydrazine groups is 1. The van der Waals surface area contributed by atoms with Gasteiger partial charge in [-0.3, -0.25) is 9.80 Å². The molecule has 0 saturated carbocycles. The van der Waals surface area contributed by atoms with Crippen molar-refractivity contribution in [3.8, 4) is 0 Å². The molecule has 0 aliphatic carbocycles. The highest BCUT2D eigenvalue weighted by molar-refractivity contribution is 6.06. The van der Waals surface area contributed by atoms with E-state index >= 15 is 0 Å². The molecule has 1 amide bonds. The first-order chi connectivity index (χ1) is 13.7. The summed E-state index contributed by atoms with van der Waals surface area (Å²) in [5, 5.41) is 24.1. The first-order valence-electron chi connectivity index (χ1n) is 9.68. The van der Waals surface area contributed by atoms with Gasteiger partial charge in [0.1, 0.15) is 5.70 Å². The lowest BCUT2D eigenvalue weighted by molar-refractivity contribution is -0.161. The van der Waals surface area contributed by atoms with Crippen LogP contribution in [0, 0.1) is 5.92 Å². The van der Waals surface area contributed by atoms with Crippen molar-refractivity contribution in [2.24, 2.45) is 11.8 Å². The normalized spacial score (nSPS) is 22.2. The first kappa shape index (κ1) is 20.9. The van der Waals surface area contributed by atoms with Crippen molar-refractivity contribution in [3.05, 3.63) is 47.4 Å². The summed E-state index contributed by atoms with van der Waals surface area (Å²) in [4.78, 5) is 25.8. The number of fused-ring (bicyclic) bond motifs is 1. The van der Waals surface area contributed by atoms with Gasteiger partial charge < -0.3 is 20.4 Å². The van der Waals surface area contributed by atoms with E-state index in [1.807, 2.05) is 18.2 Å². The molecule has 156 valence electrons. The van der Waals surface area contributed by atoms with Crippen LogP contribution in [-0.4, -0.2) is 46.2 Å².